The molecule has 0 aromatic carbocycles. The monoisotopic (exact) mass is 226 g/mol. The lowest BCUT2D eigenvalue weighted by Crippen LogP contribution is -2.48. The minimum absolute atomic E-state index is 0.290. The molecule has 0 saturated carbocycles. The Balaban J connectivity index is 2.45. The van der Waals surface area contributed by atoms with Gasteiger partial charge in [0.05, 0.1) is 12.4 Å². The maximum absolute atomic E-state index is 11.5. The first kappa shape index (κ1) is 12.2. The number of carbonyl (C=O) groups is 2. The number of rotatable bonds is 5. The molecule has 88 valence electrons. The first-order valence-electron chi connectivity index (χ1n) is 4.76. The van der Waals surface area contributed by atoms with E-state index < -0.39 is 24.0 Å². The van der Waals surface area contributed by atoms with Gasteiger partial charge in [-0.1, -0.05) is 0 Å². The minimum atomic E-state index is -1.10. The number of imidazole rings is 1. The number of nitrogens with zero attached hydrogens (tertiary/aromatic N) is 1. The maximum atomic E-state index is 11.5. The predicted molar refractivity (Wildman–Crippen MR) is 55.5 cm³/mol. The van der Waals surface area contributed by atoms with Crippen LogP contribution in [-0.4, -0.2) is 39.0 Å². The first-order chi connectivity index (χ1) is 7.50. The molecule has 0 spiro atoms. The first-order valence-corrected chi connectivity index (χ1v) is 4.76. The number of aromatic amines is 1. The highest BCUT2D eigenvalue weighted by molar-refractivity contribution is 5.86. The molecule has 5 N–H and O–H groups in total. The highest BCUT2D eigenvalue weighted by atomic mass is 16.4. The van der Waals surface area contributed by atoms with Crippen LogP contribution in [0.5, 0.6) is 0 Å². The Morgan fingerprint density at radius 1 is 1.69 bits per heavy atom. The van der Waals surface area contributed by atoms with Gasteiger partial charge in [0.15, 0.2) is 0 Å². The van der Waals surface area contributed by atoms with E-state index in [9.17, 15) is 9.59 Å². The summed E-state index contributed by atoms with van der Waals surface area (Å²) in [6.07, 6.45) is 3.34. The summed E-state index contributed by atoms with van der Waals surface area (Å²) in [6, 6.07) is -1.73. The van der Waals surface area contributed by atoms with E-state index in [1.807, 2.05) is 0 Å². The van der Waals surface area contributed by atoms with E-state index in [-0.39, 0.29) is 6.42 Å². The van der Waals surface area contributed by atoms with Gasteiger partial charge in [-0.05, 0) is 6.92 Å². The fraction of sp³-hybridized carbons (Fsp3) is 0.444. The second-order valence-electron chi connectivity index (χ2n) is 3.46. The van der Waals surface area contributed by atoms with Gasteiger partial charge in [0.2, 0.25) is 5.91 Å². The van der Waals surface area contributed by atoms with Crippen molar-refractivity contribution in [2.24, 2.45) is 5.73 Å². The molecule has 0 radical (unpaired) electrons. The number of carbonyl (C=O) groups excluding carboxylic acids is 1. The third kappa shape index (κ3) is 3.35. The molecule has 0 unspecified atom stereocenters. The Morgan fingerprint density at radius 2 is 2.38 bits per heavy atom. The second-order valence-corrected chi connectivity index (χ2v) is 3.46. The summed E-state index contributed by atoms with van der Waals surface area (Å²) in [7, 11) is 0. The SMILES string of the molecule is C[C@@H](NC(=O)[C@H](N)Cc1cnc[nH]1)C(=O)O. The van der Waals surface area contributed by atoms with Crippen molar-refractivity contribution < 1.29 is 14.7 Å². The molecule has 1 amide bonds. The van der Waals surface area contributed by atoms with Crippen LogP contribution < -0.4 is 11.1 Å². The summed E-state index contributed by atoms with van der Waals surface area (Å²) in [6.45, 7) is 1.38. The van der Waals surface area contributed by atoms with Gasteiger partial charge in [-0.25, -0.2) is 4.98 Å². The number of amides is 1. The Bertz CT molecular complexity index is 363. The van der Waals surface area contributed by atoms with Crippen LogP contribution in [-0.2, 0) is 16.0 Å². The zero-order valence-corrected chi connectivity index (χ0v) is 8.80. The lowest BCUT2D eigenvalue weighted by atomic mass is 10.1. The Labute approximate surface area is 92.1 Å². The van der Waals surface area contributed by atoms with E-state index in [4.69, 9.17) is 10.8 Å². The molecule has 0 aliphatic rings. The lowest BCUT2D eigenvalue weighted by Gasteiger charge is -2.13. The highest BCUT2D eigenvalue weighted by Gasteiger charge is 2.19. The standard InChI is InChI=1S/C9H14N4O3/c1-5(9(15)16)13-8(14)7(10)2-6-3-11-4-12-6/h3-5,7H,2,10H2,1H3,(H,11,12)(H,13,14)(H,15,16)/t5-,7-/m1/s1. The Morgan fingerprint density at radius 3 is 2.88 bits per heavy atom. The second kappa shape index (κ2) is 5.26. The number of H-pyrrole nitrogens is 1. The molecule has 0 aliphatic carbocycles. The molecular weight excluding hydrogens is 212 g/mol. The number of nitrogens with two attached hydrogens (primary N) is 1. The third-order valence-corrected chi connectivity index (χ3v) is 2.06. The van der Waals surface area contributed by atoms with Crippen molar-refractivity contribution in [2.75, 3.05) is 0 Å². The van der Waals surface area contributed by atoms with E-state index in [1.54, 1.807) is 6.20 Å². The maximum Gasteiger partial charge on any atom is 0.325 e. The van der Waals surface area contributed by atoms with E-state index in [2.05, 4.69) is 15.3 Å². The fourth-order valence-corrected chi connectivity index (χ4v) is 1.11. The van der Waals surface area contributed by atoms with Gasteiger partial charge in [0.25, 0.3) is 0 Å². The fourth-order valence-electron chi connectivity index (χ4n) is 1.11. The van der Waals surface area contributed by atoms with Gasteiger partial charge in [-0.3, -0.25) is 9.59 Å². The molecule has 1 heterocycles. The molecule has 16 heavy (non-hydrogen) atoms. The van der Waals surface area contributed by atoms with Crippen molar-refractivity contribution in [1.82, 2.24) is 15.3 Å². The van der Waals surface area contributed by atoms with Gasteiger partial charge >= 0.3 is 5.97 Å². The number of aromatic nitrogens is 2. The molecule has 7 nitrogen and oxygen atoms in total. The molecule has 7 heteroatoms. The van der Waals surface area contributed by atoms with Crippen LogP contribution in [0.4, 0.5) is 0 Å². The summed E-state index contributed by atoms with van der Waals surface area (Å²) in [5.41, 5.74) is 6.33. The summed E-state index contributed by atoms with van der Waals surface area (Å²) < 4.78 is 0. The highest BCUT2D eigenvalue weighted by Crippen LogP contribution is 1.96. The molecule has 1 rings (SSSR count). The van der Waals surface area contributed by atoms with Crippen LogP contribution in [0.25, 0.3) is 0 Å². The van der Waals surface area contributed by atoms with Crippen molar-refractivity contribution in [3.8, 4) is 0 Å². The minimum Gasteiger partial charge on any atom is -0.480 e. The van der Waals surface area contributed by atoms with Crippen LogP contribution in [0.15, 0.2) is 12.5 Å². The van der Waals surface area contributed by atoms with Crippen molar-refractivity contribution in [3.63, 3.8) is 0 Å². The van der Waals surface area contributed by atoms with Crippen LogP contribution in [0.2, 0.25) is 0 Å². The van der Waals surface area contributed by atoms with Gasteiger partial charge in [-0.15, -0.1) is 0 Å². The smallest absolute Gasteiger partial charge is 0.325 e. The quantitative estimate of drug-likeness (QED) is 0.506. The largest absolute Gasteiger partial charge is 0.480 e. The number of carboxylic acids is 1. The summed E-state index contributed by atoms with van der Waals surface area (Å²) in [5, 5.41) is 10.9. The summed E-state index contributed by atoms with van der Waals surface area (Å²) in [4.78, 5) is 28.6. The van der Waals surface area contributed by atoms with Crippen molar-refractivity contribution in [2.45, 2.75) is 25.4 Å². The lowest BCUT2D eigenvalue weighted by molar-refractivity contribution is -0.141. The number of hydrogen-bond acceptors (Lipinski definition) is 4. The number of carboxylic acid groups (broad SMARTS) is 1. The van der Waals surface area contributed by atoms with Crippen LogP contribution in [0, 0.1) is 0 Å². The third-order valence-electron chi connectivity index (χ3n) is 2.06. The molecule has 1 aromatic rings. The van der Waals surface area contributed by atoms with Crippen LogP contribution >= 0.6 is 0 Å². The van der Waals surface area contributed by atoms with Gasteiger partial charge in [0.1, 0.15) is 6.04 Å². The molecule has 0 saturated heterocycles. The van der Waals surface area contributed by atoms with E-state index >= 15 is 0 Å². The Hall–Kier alpha value is -1.89. The molecule has 0 aliphatic heterocycles. The molecule has 1 aromatic heterocycles. The molecule has 0 bridgehead atoms. The predicted octanol–water partition coefficient (Wildman–Crippen LogP) is -1.13. The molecular formula is C9H14N4O3. The summed E-state index contributed by atoms with van der Waals surface area (Å²) >= 11 is 0. The average Bonchev–Trinajstić information content (AvgIpc) is 2.69. The zero-order valence-electron chi connectivity index (χ0n) is 8.80. The number of hydrogen-bond donors (Lipinski definition) is 4. The van der Waals surface area contributed by atoms with Crippen molar-refractivity contribution in [3.05, 3.63) is 18.2 Å². The van der Waals surface area contributed by atoms with Gasteiger partial charge < -0.3 is 21.1 Å². The van der Waals surface area contributed by atoms with Gasteiger partial charge in [-0.2, -0.15) is 0 Å². The van der Waals surface area contributed by atoms with Crippen molar-refractivity contribution in [1.29, 1.82) is 0 Å². The summed E-state index contributed by atoms with van der Waals surface area (Å²) in [5.74, 6) is -1.59. The number of aliphatic carboxylic acids is 1. The van der Waals surface area contributed by atoms with Crippen molar-refractivity contribution >= 4 is 11.9 Å². The van der Waals surface area contributed by atoms with E-state index in [1.165, 1.54) is 13.3 Å². The normalized spacial score (nSPS) is 14.1. The number of nitrogens with one attached hydrogen (secondary N) is 2. The van der Waals surface area contributed by atoms with Crippen LogP contribution in [0.1, 0.15) is 12.6 Å². The zero-order chi connectivity index (χ0) is 12.1. The molecule has 0 fully saturated rings. The average molecular weight is 226 g/mol. The Kier molecular flexibility index (Phi) is 4.01. The van der Waals surface area contributed by atoms with E-state index in [0.717, 1.165) is 5.69 Å². The van der Waals surface area contributed by atoms with Crippen LogP contribution in [0.3, 0.4) is 0 Å². The topological polar surface area (TPSA) is 121 Å². The van der Waals surface area contributed by atoms with Gasteiger partial charge in [0, 0.05) is 18.3 Å². The van der Waals surface area contributed by atoms with E-state index in [0.29, 0.717) is 0 Å². The molecule has 2 atom stereocenters.